The second-order valence-corrected chi connectivity index (χ2v) is 9.03. The molecule has 1 aliphatic rings. The fraction of sp³-hybridized carbons (Fsp3) is 0.250. The summed E-state index contributed by atoms with van der Waals surface area (Å²) in [5, 5.41) is 11.9. The first kappa shape index (κ1) is 20.9. The van der Waals surface area contributed by atoms with Crippen LogP contribution in [0.5, 0.6) is 0 Å². The lowest BCUT2D eigenvalue weighted by atomic mass is 10.2. The Morgan fingerprint density at radius 2 is 1.94 bits per heavy atom. The van der Waals surface area contributed by atoms with E-state index in [-0.39, 0.29) is 17.9 Å². The van der Waals surface area contributed by atoms with Crippen LogP contribution in [0.15, 0.2) is 37.2 Å². The van der Waals surface area contributed by atoms with Crippen LogP contribution in [0.2, 0.25) is 5.02 Å². The predicted octanol–water partition coefficient (Wildman–Crippen LogP) is 3.78. The van der Waals surface area contributed by atoms with Crippen molar-refractivity contribution in [1.29, 1.82) is 0 Å². The van der Waals surface area contributed by atoms with Crippen molar-refractivity contribution in [2.45, 2.75) is 25.8 Å². The molecule has 0 unspecified atom stereocenters. The van der Waals surface area contributed by atoms with Crippen molar-refractivity contribution < 1.29 is 4.79 Å². The third kappa shape index (κ3) is 4.21. The molecule has 1 aromatic carbocycles. The minimum atomic E-state index is -0.272. The predicted molar refractivity (Wildman–Crippen MR) is 128 cm³/mol. The Morgan fingerprint density at radius 1 is 1.12 bits per heavy atom. The number of fused-ring (bicyclic) bond motifs is 1. The molecular formula is C20H17ClIN9O. The van der Waals surface area contributed by atoms with Gasteiger partial charge in [-0.25, -0.2) is 24.9 Å². The van der Waals surface area contributed by atoms with Gasteiger partial charge in [0.25, 0.3) is 0 Å². The fourth-order valence-corrected chi connectivity index (χ4v) is 4.47. The van der Waals surface area contributed by atoms with Crippen LogP contribution in [-0.4, -0.2) is 40.6 Å². The van der Waals surface area contributed by atoms with Crippen LogP contribution >= 0.6 is 34.2 Å². The van der Waals surface area contributed by atoms with E-state index in [2.05, 4.69) is 63.2 Å². The topological polar surface area (TPSA) is 123 Å². The van der Waals surface area contributed by atoms with Crippen molar-refractivity contribution in [1.82, 2.24) is 34.7 Å². The number of hydrogen-bond acceptors (Lipinski definition) is 8. The molecule has 0 bridgehead atoms. The van der Waals surface area contributed by atoms with Crippen molar-refractivity contribution in [2.24, 2.45) is 5.92 Å². The first-order valence-corrected chi connectivity index (χ1v) is 11.3. The summed E-state index contributed by atoms with van der Waals surface area (Å²) >= 11 is 8.46. The SMILES string of the molecule is C[C@H](Nc1ncnc2c(I)cc(Cl)cc12)c1ncnn1-c1cc(NC(=O)C2CC2)ncn1. The molecule has 0 aliphatic heterocycles. The number of nitrogens with zero attached hydrogens (tertiary/aromatic N) is 7. The molecule has 4 aromatic rings. The van der Waals surface area contributed by atoms with Gasteiger partial charge in [0.1, 0.15) is 30.6 Å². The van der Waals surface area contributed by atoms with Gasteiger partial charge in [-0.2, -0.15) is 9.78 Å². The Kier molecular flexibility index (Phi) is 5.59. The van der Waals surface area contributed by atoms with E-state index in [1.54, 1.807) is 10.7 Å². The van der Waals surface area contributed by atoms with Gasteiger partial charge in [0.05, 0.1) is 11.6 Å². The first-order valence-electron chi connectivity index (χ1n) is 9.89. The van der Waals surface area contributed by atoms with E-state index >= 15 is 0 Å². The molecule has 1 saturated carbocycles. The summed E-state index contributed by atoms with van der Waals surface area (Å²) in [5.41, 5.74) is 0.813. The highest BCUT2D eigenvalue weighted by molar-refractivity contribution is 14.1. The van der Waals surface area contributed by atoms with Gasteiger partial charge in [-0.3, -0.25) is 4.79 Å². The zero-order valence-corrected chi connectivity index (χ0v) is 19.7. The van der Waals surface area contributed by atoms with Crippen LogP contribution in [0.3, 0.4) is 0 Å². The molecule has 3 aromatic heterocycles. The van der Waals surface area contributed by atoms with Crippen LogP contribution < -0.4 is 10.6 Å². The average Bonchev–Trinajstić information content (AvgIpc) is 3.51. The van der Waals surface area contributed by atoms with Crippen LogP contribution in [0.4, 0.5) is 11.6 Å². The summed E-state index contributed by atoms with van der Waals surface area (Å²) in [4.78, 5) is 33.7. The number of rotatable bonds is 6. The third-order valence-electron chi connectivity index (χ3n) is 5.04. The van der Waals surface area contributed by atoms with Crippen LogP contribution in [0.1, 0.15) is 31.6 Å². The van der Waals surface area contributed by atoms with Gasteiger partial charge in [0, 0.05) is 26.0 Å². The zero-order valence-electron chi connectivity index (χ0n) is 16.8. The van der Waals surface area contributed by atoms with Crippen LogP contribution in [-0.2, 0) is 4.79 Å². The maximum absolute atomic E-state index is 12.1. The average molecular weight is 562 g/mol. The molecule has 0 saturated heterocycles. The maximum Gasteiger partial charge on any atom is 0.228 e. The Balaban J connectivity index is 1.43. The molecule has 1 atom stereocenters. The minimum Gasteiger partial charge on any atom is -0.360 e. The van der Waals surface area contributed by atoms with E-state index in [4.69, 9.17) is 11.6 Å². The molecule has 0 radical (unpaired) electrons. The zero-order chi connectivity index (χ0) is 22.2. The van der Waals surface area contributed by atoms with E-state index in [0.717, 1.165) is 27.3 Å². The number of nitrogens with one attached hydrogen (secondary N) is 2. The molecule has 3 heterocycles. The molecule has 0 spiro atoms. The number of anilines is 2. The van der Waals surface area contributed by atoms with E-state index in [1.165, 1.54) is 19.0 Å². The number of amides is 1. The van der Waals surface area contributed by atoms with Crippen molar-refractivity contribution in [2.75, 3.05) is 10.6 Å². The van der Waals surface area contributed by atoms with Gasteiger partial charge in [-0.1, -0.05) is 11.6 Å². The molecule has 32 heavy (non-hydrogen) atoms. The van der Waals surface area contributed by atoms with E-state index in [1.807, 2.05) is 19.1 Å². The summed E-state index contributed by atoms with van der Waals surface area (Å²) in [5.74, 6) is 2.24. The van der Waals surface area contributed by atoms with Gasteiger partial charge in [0.15, 0.2) is 11.6 Å². The highest BCUT2D eigenvalue weighted by atomic mass is 127. The molecule has 1 amide bonds. The number of hydrogen-bond donors (Lipinski definition) is 2. The monoisotopic (exact) mass is 561 g/mol. The van der Waals surface area contributed by atoms with Crippen molar-refractivity contribution in [3.63, 3.8) is 0 Å². The highest BCUT2D eigenvalue weighted by Crippen LogP contribution is 2.31. The smallest absolute Gasteiger partial charge is 0.228 e. The number of carbonyl (C=O) groups excluding carboxylic acids is 1. The second-order valence-electron chi connectivity index (χ2n) is 7.43. The molecule has 10 nitrogen and oxygen atoms in total. The van der Waals surface area contributed by atoms with E-state index in [0.29, 0.717) is 28.3 Å². The molecule has 162 valence electrons. The van der Waals surface area contributed by atoms with Crippen molar-refractivity contribution in [3.05, 3.63) is 51.6 Å². The van der Waals surface area contributed by atoms with E-state index in [9.17, 15) is 4.79 Å². The third-order valence-corrected chi connectivity index (χ3v) is 6.08. The van der Waals surface area contributed by atoms with Crippen molar-refractivity contribution in [3.8, 4) is 5.82 Å². The quantitative estimate of drug-likeness (QED) is 0.341. The van der Waals surface area contributed by atoms with Gasteiger partial charge in [-0.05, 0) is 54.5 Å². The number of benzene rings is 1. The Labute approximate surface area is 201 Å². The lowest BCUT2D eigenvalue weighted by molar-refractivity contribution is -0.117. The Hall–Kier alpha value is -2.93. The second kappa shape index (κ2) is 8.54. The number of aromatic nitrogens is 7. The number of halogens is 2. The van der Waals surface area contributed by atoms with Crippen LogP contribution in [0, 0.1) is 9.49 Å². The lowest BCUT2D eigenvalue weighted by Gasteiger charge is -2.16. The minimum absolute atomic E-state index is 0.0209. The first-order chi connectivity index (χ1) is 15.5. The largest absolute Gasteiger partial charge is 0.360 e. The lowest BCUT2D eigenvalue weighted by Crippen LogP contribution is -2.17. The van der Waals surface area contributed by atoms with E-state index < -0.39 is 0 Å². The van der Waals surface area contributed by atoms with Crippen LogP contribution in [0.25, 0.3) is 16.7 Å². The van der Waals surface area contributed by atoms with Gasteiger partial charge < -0.3 is 10.6 Å². The number of carbonyl (C=O) groups is 1. The summed E-state index contributed by atoms with van der Waals surface area (Å²) < 4.78 is 2.54. The molecular weight excluding hydrogens is 545 g/mol. The Bertz CT molecular complexity index is 1320. The van der Waals surface area contributed by atoms with Crippen molar-refractivity contribution >= 4 is 62.6 Å². The maximum atomic E-state index is 12.1. The van der Waals surface area contributed by atoms with Gasteiger partial charge in [0.2, 0.25) is 5.91 Å². The highest BCUT2D eigenvalue weighted by Gasteiger charge is 2.30. The molecule has 12 heteroatoms. The summed E-state index contributed by atoms with van der Waals surface area (Å²) in [6.07, 6.45) is 6.20. The van der Waals surface area contributed by atoms with Gasteiger partial charge >= 0.3 is 0 Å². The Morgan fingerprint density at radius 3 is 2.75 bits per heavy atom. The standard InChI is InChI=1S/C20H17ClIN9O/c1-10(29-18-13-4-12(21)5-14(22)17(13)25-8-26-18)19-27-9-28-31(19)16-6-15(23-7-24-16)30-20(32)11-2-3-11/h4-11H,2-3H2,1H3,(H,25,26,29)(H,23,24,30,32)/t10-/m0/s1. The molecule has 5 rings (SSSR count). The summed E-state index contributed by atoms with van der Waals surface area (Å²) in [7, 11) is 0. The summed E-state index contributed by atoms with van der Waals surface area (Å²) in [6.45, 7) is 1.95. The fourth-order valence-electron chi connectivity index (χ4n) is 3.30. The molecule has 2 N–H and O–H groups in total. The molecule has 1 aliphatic carbocycles. The molecule has 1 fully saturated rings. The normalized spacial score (nSPS) is 14.3. The summed E-state index contributed by atoms with van der Waals surface area (Å²) in [6, 6.07) is 5.09. The van der Waals surface area contributed by atoms with Gasteiger partial charge in [-0.15, -0.1) is 0 Å².